The molecule has 1 aromatic rings. The predicted molar refractivity (Wildman–Crippen MR) is 87.8 cm³/mol. The zero-order valence-corrected chi connectivity index (χ0v) is 13.0. The summed E-state index contributed by atoms with van der Waals surface area (Å²) >= 11 is 0. The standard InChI is InChI=1S/C16H28N4/c1-4-19(5-2)12-9-13-20(6-3)15-11-8-7-10-14(15)16(17)18/h7-8,10-11H,4-6,9,12-13H2,1-3H3,(H3,17,18). The van der Waals surface area contributed by atoms with Crippen molar-refractivity contribution in [3.05, 3.63) is 29.8 Å². The van der Waals surface area contributed by atoms with Gasteiger partial charge in [0.1, 0.15) is 5.84 Å². The van der Waals surface area contributed by atoms with Crippen LogP contribution in [0, 0.1) is 5.41 Å². The van der Waals surface area contributed by atoms with Crippen molar-refractivity contribution in [3.8, 4) is 0 Å². The fourth-order valence-corrected chi connectivity index (χ4v) is 2.45. The van der Waals surface area contributed by atoms with Crippen LogP contribution in [0.25, 0.3) is 0 Å². The van der Waals surface area contributed by atoms with Crippen LogP contribution in [0.2, 0.25) is 0 Å². The van der Waals surface area contributed by atoms with E-state index in [1.165, 1.54) is 0 Å². The SMILES string of the molecule is CCN(CC)CCCN(CC)c1ccccc1C(=N)N. The molecule has 0 heterocycles. The van der Waals surface area contributed by atoms with Crippen LogP contribution in [0.1, 0.15) is 32.8 Å². The molecule has 20 heavy (non-hydrogen) atoms. The molecule has 0 bridgehead atoms. The monoisotopic (exact) mass is 276 g/mol. The smallest absolute Gasteiger partial charge is 0.124 e. The number of nitrogens with one attached hydrogen (secondary N) is 1. The van der Waals surface area contributed by atoms with E-state index in [1.54, 1.807) is 0 Å². The highest BCUT2D eigenvalue weighted by Gasteiger charge is 2.11. The third-order valence-electron chi connectivity index (χ3n) is 3.71. The van der Waals surface area contributed by atoms with E-state index in [2.05, 4.69) is 36.6 Å². The first-order valence-corrected chi connectivity index (χ1v) is 7.54. The lowest BCUT2D eigenvalue weighted by Crippen LogP contribution is -2.31. The molecule has 0 aromatic heterocycles. The second-order valence-corrected chi connectivity index (χ2v) is 4.89. The van der Waals surface area contributed by atoms with Crippen LogP contribution in [-0.4, -0.2) is 43.5 Å². The van der Waals surface area contributed by atoms with Crippen molar-refractivity contribution >= 4 is 11.5 Å². The van der Waals surface area contributed by atoms with Gasteiger partial charge in [0, 0.05) is 24.3 Å². The van der Waals surface area contributed by atoms with Crippen molar-refractivity contribution in [1.29, 1.82) is 5.41 Å². The number of rotatable bonds is 9. The number of nitrogens with two attached hydrogens (primary N) is 1. The van der Waals surface area contributed by atoms with Gasteiger partial charge >= 0.3 is 0 Å². The fraction of sp³-hybridized carbons (Fsp3) is 0.562. The van der Waals surface area contributed by atoms with Crippen LogP contribution in [0.15, 0.2) is 24.3 Å². The molecule has 0 aliphatic rings. The highest BCUT2D eigenvalue weighted by Crippen LogP contribution is 2.20. The summed E-state index contributed by atoms with van der Waals surface area (Å²) in [5.74, 6) is 0.141. The van der Waals surface area contributed by atoms with Gasteiger partial charge in [0.25, 0.3) is 0 Å². The van der Waals surface area contributed by atoms with Gasteiger partial charge in [-0.1, -0.05) is 26.0 Å². The number of anilines is 1. The van der Waals surface area contributed by atoms with Crippen LogP contribution >= 0.6 is 0 Å². The third kappa shape index (κ3) is 4.53. The molecule has 4 nitrogen and oxygen atoms in total. The highest BCUT2D eigenvalue weighted by molar-refractivity contribution is 6.00. The summed E-state index contributed by atoms with van der Waals surface area (Å²) in [5.41, 5.74) is 7.58. The average Bonchev–Trinajstić information content (AvgIpc) is 2.47. The second-order valence-electron chi connectivity index (χ2n) is 4.89. The zero-order chi connectivity index (χ0) is 15.0. The Balaban J connectivity index is 2.69. The summed E-state index contributed by atoms with van der Waals surface area (Å²) < 4.78 is 0. The summed E-state index contributed by atoms with van der Waals surface area (Å²) in [6.45, 7) is 11.8. The van der Waals surface area contributed by atoms with Gasteiger partial charge in [0.05, 0.1) is 0 Å². The molecule has 0 unspecified atom stereocenters. The predicted octanol–water partition coefficient (Wildman–Crippen LogP) is 2.53. The van der Waals surface area contributed by atoms with Crippen molar-refractivity contribution in [2.75, 3.05) is 37.6 Å². The molecule has 3 N–H and O–H groups in total. The van der Waals surface area contributed by atoms with E-state index in [0.717, 1.165) is 50.4 Å². The lowest BCUT2D eigenvalue weighted by atomic mass is 10.1. The van der Waals surface area contributed by atoms with Gasteiger partial charge in [-0.05, 0) is 45.1 Å². The molecule has 0 spiro atoms. The minimum Gasteiger partial charge on any atom is -0.384 e. The van der Waals surface area contributed by atoms with Crippen molar-refractivity contribution in [2.24, 2.45) is 5.73 Å². The molecular formula is C16H28N4. The first-order chi connectivity index (χ1) is 9.63. The largest absolute Gasteiger partial charge is 0.384 e. The van der Waals surface area contributed by atoms with E-state index >= 15 is 0 Å². The van der Waals surface area contributed by atoms with Gasteiger partial charge < -0.3 is 15.5 Å². The molecule has 0 saturated carbocycles. The summed E-state index contributed by atoms with van der Waals surface area (Å²) in [5, 5.41) is 7.69. The minimum absolute atomic E-state index is 0.141. The number of para-hydroxylation sites is 1. The van der Waals surface area contributed by atoms with Gasteiger partial charge in [-0.2, -0.15) is 0 Å². The second kappa shape index (κ2) is 8.59. The van der Waals surface area contributed by atoms with Gasteiger partial charge in [0.15, 0.2) is 0 Å². The van der Waals surface area contributed by atoms with Crippen molar-refractivity contribution < 1.29 is 0 Å². The Morgan fingerprint density at radius 2 is 1.70 bits per heavy atom. The number of hydrogen-bond acceptors (Lipinski definition) is 3. The van der Waals surface area contributed by atoms with Crippen LogP contribution < -0.4 is 10.6 Å². The van der Waals surface area contributed by atoms with E-state index < -0.39 is 0 Å². The summed E-state index contributed by atoms with van der Waals surface area (Å²) in [4.78, 5) is 4.74. The Morgan fingerprint density at radius 3 is 2.25 bits per heavy atom. The maximum atomic E-state index is 7.69. The van der Waals surface area contributed by atoms with E-state index in [0.29, 0.717) is 0 Å². The van der Waals surface area contributed by atoms with E-state index in [4.69, 9.17) is 11.1 Å². The Morgan fingerprint density at radius 1 is 1.05 bits per heavy atom. The Kier molecular flexibility index (Phi) is 7.09. The van der Waals surface area contributed by atoms with Crippen molar-refractivity contribution in [2.45, 2.75) is 27.2 Å². The van der Waals surface area contributed by atoms with Crippen LogP contribution in [-0.2, 0) is 0 Å². The number of amidine groups is 1. The molecule has 0 aliphatic heterocycles. The number of benzene rings is 1. The summed E-state index contributed by atoms with van der Waals surface area (Å²) in [6.07, 6.45) is 1.13. The fourth-order valence-electron chi connectivity index (χ4n) is 2.45. The average molecular weight is 276 g/mol. The third-order valence-corrected chi connectivity index (χ3v) is 3.71. The van der Waals surface area contributed by atoms with Crippen LogP contribution in [0.3, 0.4) is 0 Å². The van der Waals surface area contributed by atoms with E-state index in [9.17, 15) is 0 Å². The summed E-state index contributed by atoms with van der Waals surface area (Å²) in [7, 11) is 0. The molecule has 0 amide bonds. The number of hydrogen-bond donors (Lipinski definition) is 2. The Bertz CT molecular complexity index is 413. The van der Waals surface area contributed by atoms with Crippen LogP contribution in [0.5, 0.6) is 0 Å². The lowest BCUT2D eigenvalue weighted by Gasteiger charge is -2.27. The first-order valence-electron chi connectivity index (χ1n) is 7.54. The van der Waals surface area contributed by atoms with Gasteiger partial charge in [0.2, 0.25) is 0 Å². The molecule has 112 valence electrons. The highest BCUT2D eigenvalue weighted by atomic mass is 15.1. The molecule has 0 radical (unpaired) electrons. The van der Waals surface area contributed by atoms with E-state index in [-0.39, 0.29) is 5.84 Å². The maximum absolute atomic E-state index is 7.69. The minimum atomic E-state index is 0.141. The number of nitrogens with zero attached hydrogens (tertiary/aromatic N) is 2. The molecule has 1 rings (SSSR count). The Labute approximate surface area is 123 Å². The molecular weight excluding hydrogens is 248 g/mol. The van der Waals surface area contributed by atoms with Crippen LogP contribution in [0.4, 0.5) is 5.69 Å². The maximum Gasteiger partial charge on any atom is 0.124 e. The molecule has 0 saturated heterocycles. The lowest BCUT2D eigenvalue weighted by molar-refractivity contribution is 0.301. The molecule has 0 atom stereocenters. The topological polar surface area (TPSA) is 56.4 Å². The zero-order valence-electron chi connectivity index (χ0n) is 13.0. The van der Waals surface area contributed by atoms with Gasteiger partial charge in [-0.3, -0.25) is 5.41 Å². The normalized spacial score (nSPS) is 10.8. The number of nitrogen functional groups attached to an aromatic ring is 1. The summed E-state index contributed by atoms with van der Waals surface area (Å²) in [6, 6.07) is 7.92. The molecule has 0 fully saturated rings. The van der Waals surface area contributed by atoms with E-state index in [1.807, 2.05) is 18.2 Å². The van der Waals surface area contributed by atoms with Gasteiger partial charge in [-0.25, -0.2) is 0 Å². The molecule has 1 aromatic carbocycles. The quantitative estimate of drug-likeness (QED) is 0.538. The van der Waals surface area contributed by atoms with Crippen molar-refractivity contribution in [3.63, 3.8) is 0 Å². The molecule has 0 aliphatic carbocycles. The molecule has 4 heteroatoms. The first kappa shape index (κ1) is 16.5. The Hall–Kier alpha value is -1.55. The van der Waals surface area contributed by atoms with Gasteiger partial charge in [-0.15, -0.1) is 0 Å². The van der Waals surface area contributed by atoms with Crippen molar-refractivity contribution in [1.82, 2.24) is 4.90 Å².